The van der Waals surface area contributed by atoms with Crippen LogP contribution >= 0.6 is 11.6 Å². The van der Waals surface area contributed by atoms with Crippen molar-refractivity contribution in [3.8, 4) is 0 Å². The number of hydrogen-bond acceptors (Lipinski definition) is 3. The van der Waals surface area contributed by atoms with Gasteiger partial charge in [0.25, 0.3) is 0 Å². The van der Waals surface area contributed by atoms with E-state index < -0.39 is 17.8 Å². The summed E-state index contributed by atoms with van der Waals surface area (Å²) in [6.45, 7) is 0. The molecule has 74 valence electrons. The molecule has 0 aromatic heterocycles. The van der Waals surface area contributed by atoms with Crippen LogP contribution in [0.4, 0.5) is 0 Å². The Morgan fingerprint density at radius 1 is 1.29 bits per heavy atom. The summed E-state index contributed by atoms with van der Waals surface area (Å²) < 4.78 is 0. The van der Waals surface area contributed by atoms with Gasteiger partial charge in [-0.05, 0) is 24.3 Å². The van der Waals surface area contributed by atoms with Crippen LogP contribution in [0.1, 0.15) is 10.4 Å². The third kappa shape index (κ3) is 2.31. The molecule has 0 saturated carbocycles. The Kier molecular flexibility index (Phi) is 3.22. The number of benzene rings is 1. The molecular formula is C9H8ClNO3. The van der Waals surface area contributed by atoms with Crippen LogP contribution in [-0.4, -0.2) is 22.9 Å². The first kappa shape index (κ1) is 10.7. The number of ketones is 1. The number of hydrogen-bond donors (Lipinski definition) is 2. The summed E-state index contributed by atoms with van der Waals surface area (Å²) in [4.78, 5) is 21.8. The highest BCUT2D eigenvalue weighted by Crippen LogP contribution is 2.10. The van der Waals surface area contributed by atoms with Gasteiger partial charge in [0.15, 0.2) is 11.8 Å². The molecule has 1 atom stereocenters. The lowest BCUT2D eigenvalue weighted by Gasteiger charge is -2.04. The van der Waals surface area contributed by atoms with E-state index in [2.05, 4.69) is 0 Å². The maximum Gasteiger partial charge on any atom is 0.328 e. The summed E-state index contributed by atoms with van der Waals surface area (Å²) in [5.74, 6) is -1.97. The van der Waals surface area contributed by atoms with Crippen LogP contribution in [0.3, 0.4) is 0 Å². The van der Waals surface area contributed by atoms with Gasteiger partial charge in [-0.3, -0.25) is 9.59 Å². The van der Waals surface area contributed by atoms with Crippen molar-refractivity contribution in [1.29, 1.82) is 0 Å². The quantitative estimate of drug-likeness (QED) is 0.578. The second-order valence-corrected chi connectivity index (χ2v) is 3.12. The zero-order chi connectivity index (χ0) is 10.7. The van der Waals surface area contributed by atoms with Gasteiger partial charge in [0, 0.05) is 10.6 Å². The van der Waals surface area contributed by atoms with E-state index >= 15 is 0 Å². The lowest BCUT2D eigenvalue weighted by molar-refractivity contribution is -0.137. The molecule has 0 spiro atoms. The molecule has 5 heteroatoms. The molecular weight excluding hydrogens is 206 g/mol. The fraction of sp³-hybridized carbons (Fsp3) is 0.111. The summed E-state index contributed by atoms with van der Waals surface area (Å²) in [5, 5.41) is 8.97. The average molecular weight is 214 g/mol. The molecule has 0 bridgehead atoms. The molecule has 0 aliphatic rings. The van der Waals surface area contributed by atoms with E-state index in [4.69, 9.17) is 22.4 Å². The summed E-state index contributed by atoms with van der Waals surface area (Å²) in [6.07, 6.45) is 0. The summed E-state index contributed by atoms with van der Waals surface area (Å²) in [6, 6.07) is 4.37. The molecule has 0 aliphatic heterocycles. The second-order valence-electron chi connectivity index (χ2n) is 2.69. The molecule has 0 radical (unpaired) electrons. The van der Waals surface area contributed by atoms with E-state index in [0.29, 0.717) is 5.02 Å². The standard InChI is InChI=1S/C9H8ClNO3/c10-6-3-1-5(2-4-6)8(12)7(11)9(13)14/h1-4,7H,11H2,(H,13,14). The van der Waals surface area contributed by atoms with Crippen LogP contribution in [0.25, 0.3) is 0 Å². The van der Waals surface area contributed by atoms with E-state index in [1.165, 1.54) is 24.3 Å². The van der Waals surface area contributed by atoms with Gasteiger partial charge in [-0.2, -0.15) is 0 Å². The summed E-state index contributed by atoms with van der Waals surface area (Å²) in [5.41, 5.74) is 5.39. The van der Waals surface area contributed by atoms with Gasteiger partial charge in [-0.15, -0.1) is 0 Å². The van der Waals surface area contributed by atoms with E-state index in [-0.39, 0.29) is 5.56 Å². The number of halogens is 1. The Morgan fingerprint density at radius 2 is 1.79 bits per heavy atom. The van der Waals surface area contributed by atoms with Crippen LogP contribution in [0, 0.1) is 0 Å². The molecule has 1 unspecified atom stereocenters. The lowest BCUT2D eigenvalue weighted by atomic mass is 10.1. The Bertz CT molecular complexity index is 361. The highest BCUT2D eigenvalue weighted by Gasteiger charge is 2.22. The number of nitrogens with two attached hydrogens (primary N) is 1. The number of carboxylic acids is 1. The highest BCUT2D eigenvalue weighted by atomic mass is 35.5. The first-order valence-electron chi connectivity index (χ1n) is 3.80. The summed E-state index contributed by atoms with van der Waals surface area (Å²) >= 11 is 5.60. The molecule has 0 aliphatic carbocycles. The monoisotopic (exact) mass is 213 g/mol. The number of carbonyl (C=O) groups is 2. The first-order valence-corrected chi connectivity index (χ1v) is 4.18. The SMILES string of the molecule is NC(C(=O)O)C(=O)c1ccc(Cl)cc1. The first-order chi connectivity index (χ1) is 6.52. The third-order valence-electron chi connectivity index (χ3n) is 1.68. The highest BCUT2D eigenvalue weighted by molar-refractivity contribution is 6.30. The minimum absolute atomic E-state index is 0.240. The van der Waals surface area contributed by atoms with E-state index in [0.717, 1.165) is 0 Å². The fourth-order valence-electron chi connectivity index (χ4n) is 0.906. The van der Waals surface area contributed by atoms with Crippen molar-refractivity contribution in [2.45, 2.75) is 6.04 Å². The predicted octanol–water partition coefficient (Wildman–Crippen LogP) is 0.935. The molecule has 0 fully saturated rings. The van der Waals surface area contributed by atoms with Gasteiger partial charge >= 0.3 is 5.97 Å². The lowest BCUT2D eigenvalue weighted by Crippen LogP contribution is -2.38. The van der Waals surface area contributed by atoms with Crippen LogP contribution in [0.15, 0.2) is 24.3 Å². The maximum atomic E-state index is 11.3. The molecule has 0 saturated heterocycles. The molecule has 0 amide bonds. The third-order valence-corrected chi connectivity index (χ3v) is 1.93. The predicted molar refractivity (Wildman–Crippen MR) is 51.4 cm³/mol. The van der Waals surface area contributed by atoms with Crippen LogP contribution < -0.4 is 5.73 Å². The minimum Gasteiger partial charge on any atom is -0.480 e. The van der Waals surface area contributed by atoms with Crippen molar-refractivity contribution >= 4 is 23.4 Å². The fourth-order valence-corrected chi connectivity index (χ4v) is 1.03. The number of rotatable bonds is 3. The topological polar surface area (TPSA) is 80.4 Å². The second kappa shape index (κ2) is 4.21. The molecule has 1 aromatic rings. The summed E-state index contributed by atoms with van der Waals surface area (Å²) in [7, 11) is 0. The Balaban J connectivity index is 2.90. The van der Waals surface area contributed by atoms with E-state index in [1.807, 2.05) is 0 Å². The van der Waals surface area contributed by atoms with Crippen molar-refractivity contribution in [3.05, 3.63) is 34.9 Å². The maximum absolute atomic E-state index is 11.3. The van der Waals surface area contributed by atoms with E-state index in [1.54, 1.807) is 0 Å². The van der Waals surface area contributed by atoms with Gasteiger partial charge in [0.05, 0.1) is 0 Å². The zero-order valence-electron chi connectivity index (χ0n) is 7.11. The molecule has 14 heavy (non-hydrogen) atoms. The van der Waals surface area contributed by atoms with Crippen molar-refractivity contribution in [2.24, 2.45) is 5.73 Å². The number of Topliss-reactive ketones (excluding diaryl/α,β-unsaturated/α-hetero) is 1. The molecule has 1 aromatic carbocycles. The van der Waals surface area contributed by atoms with Crippen molar-refractivity contribution in [1.82, 2.24) is 0 Å². The Labute approximate surface area is 85.3 Å². The van der Waals surface area contributed by atoms with E-state index in [9.17, 15) is 9.59 Å². The smallest absolute Gasteiger partial charge is 0.328 e. The zero-order valence-corrected chi connectivity index (χ0v) is 7.86. The van der Waals surface area contributed by atoms with Crippen LogP contribution in [-0.2, 0) is 4.79 Å². The largest absolute Gasteiger partial charge is 0.480 e. The van der Waals surface area contributed by atoms with Crippen molar-refractivity contribution in [2.75, 3.05) is 0 Å². The van der Waals surface area contributed by atoms with Crippen molar-refractivity contribution < 1.29 is 14.7 Å². The number of carbonyl (C=O) groups excluding carboxylic acids is 1. The molecule has 1 rings (SSSR count). The molecule has 0 heterocycles. The minimum atomic E-state index is -1.52. The van der Waals surface area contributed by atoms with Gasteiger partial charge in [-0.1, -0.05) is 11.6 Å². The van der Waals surface area contributed by atoms with Gasteiger partial charge in [-0.25, -0.2) is 0 Å². The van der Waals surface area contributed by atoms with Gasteiger partial charge in [0.2, 0.25) is 0 Å². The van der Waals surface area contributed by atoms with Gasteiger partial charge < -0.3 is 10.8 Å². The van der Waals surface area contributed by atoms with Crippen LogP contribution in [0.5, 0.6) is 0 Å². The Morgan fingerprint density at radius 3 is 2.21 bits per heavy atom. The Hall–Kier alpha value is -1.39. The number of carboxylic acid groups (broad SMARTS) is 1. The van der Waals surface area contributed by atoms with Crippen LogP contribution in [0.2, 0.25) is 5.02 Å². The average Bonchev–Trinajstić information content (AvgIpc) is 2.16. The molecule has 3 N–H and O–H groups in total. The normalized spacial score (nSPS) is 12.1. The molecule has 4 nitrogen and oxygen atoms in total. The van der Waals surface area contributed by atoms with Crippen molar-refractivity contribution in [3.63, 3.8) is 0 Å². The number of aliphatic carboxylic acids is 1. The van der Waals surface area contributed by atoms with Gasteiger partial charge in [0.1, 0.15) is 0 Å².